The summed E-state index contributed by atoms with van der Waals surface area (Å²) >= 11 is 0. The Balaban J connectivity index is 2.11. The van der Waals surface area contributed by atoms with E-state index in [4.69, 9.17) is 14.6 Å². The minimum Gasteiger partial charge on any atom is -0.507 e. The van der Waals surface area contributed by atoms with Crippen LogP contribution in [0.25, 0.3) is 5.76 Å². The molecule has 2 N–H and O–H groups in total. The molecule has 0 spiro atoms. The van der Waals surface area contributed by atoms with Crippen molar-refractivity contribution in [1.82, 2.24) is 4.90 Å². The summed E-state index contributed by atoms with van der Waals surface area (Å²) in [6.45, 7) is 0.0848. The third-order valence-electron chi connectivity index (χ3n) is 4.80. The van der Waals surface area contributed by atoms with E-state index in [2.05, 4.69) is 0 Å². The van der Waals surface area contributed by atoms with E-state index in [1.54, 1.807) is 24.3 Å². The summed E-state index contributed by atoms with van der Waals surface area (Å²) in [5.41, 5.74) is 0.620. The Hall–Kier alpha value is -3.23. The zero-order valence-electron chi connectivity index (χ0n) is 16.4. The predicted octanol–water partition coefficient (Wildman–Crippen LogP) is 2.26. The highest BCUT2D eigenvalue weighted by molar-refractivity contribution is 6.46. The Kier molecular flexibility index (Phi) is 6.81. The first-order valence-electron chi connectivity index (χ1n) is 9.35. The summed E-state index contributed by atoms with van der Waals surface area (Å²) in [6.07, 6.45) is 0. The van der Waals surface area contributed by atoms with Crippen molar-refractivity contribution in [3.05, 3.63) is 71.0 Å². The average molecular weight is 415 g/mol. The summed E-state index contributed by atoms with van der Waals surface area (Å²) in [6, 6.07) is 11.0. The number of hydrogen-bond acceptors (Lipinski definition) is 6. The second-order valence-corrected chi connectivity index (χ2v) is 6.58. The van der Waals surface area contributed by atoms with Crippen molar-refractivity contribution < 1.29 is 33.7 Å². The van der Waals surface area contributed by atoms with Gasteiger partial charge in [-0.3, -0.25) is 9.59 Å². The second kappa shape index (κ2) is 9.51. The molecule has 30 heavy (non-hydrogen) atoms. The van der Waals surface area contributed by atoms with Crippen molar-refractivity contribution in [2.75, 3.05) is 33.5 Å². The molecule has 2 aromatic rings. The quantitative estimate of drug-likeness (QED) is 0.297. The maximum absolute atomic E-state index is 13.3. The van der Waals surface area contributed by atoms with Gasteiger partial charge in [0.15, 0.2) is 0 Å². The van der Waals surface area contributed by atoms with Gasteiger partial charge in [0.1, 0.15) is 17.3 Å². The summed E-state index contributed by atoms with van der Waals surface area (Å²) < 4.78 is 24.0. The fourth-order valence-electron chi connectivity index (χ4n) is 3.42. The molecule has 0 aromatic heterocycles. The van der Waals surface area contributed by atoms with Crippen molar-refractivity contribution in [2.45, 2.75) is 6.04 Å². The first-order chi connectivity index (χ1) is 14.5. The molecular weight excluding hydrogens is 393 g/mol. The summed E-state index contributed by atoms with van der Waals surface area (Å²) in [7, 11) is 1.47. The molecule has 1 atom stereocenters. The minimum atomic E-state index is -0.913. The maximum atomic E-state index is 13.3. The maximum Gasteiger partial charge on any atom is 0.295 e. The number of Topliss-reactive ketones (excluding diaryl/α,β-unsaturated/α-hetero) is 1. The lowest BCUT2D eigenvalue weighted by Crippen LogP contribution is -2.33. The molecule has 0 bridgehead atoms. The first kappa shape index (κ1) is 21.5. The normalized spacial score (nSPS) is 18.1. The van der Waals surface area contributed by atoms with E-state index < -0.39 is 29.3 Å². The Morgan fingerprint density at radius 1 is 1.10 bits per heavy atom. The lowest BCUT2D eigenvalue weighted by atomic mass is 9.94. The molecule has 158 valence electrons. The number of carbonyl (C=O) groups is 2. The summed E-state index contributed by atoms with van der Waals surface area (Å²) in [5.74, 6) is -2.09. The molecule has 8 heteroatoms. The van der Waals surface area contributed by atoms with Crippen LogP contribution in [0.15, 0.2) is 54.1 Å². The van der Waals surface area contributed by atoms with E-state index in [-0.39, 0.29) is 37.5 Å². The van der Waals surface area contributed by atoms with Crippen LogP contribution in [0.1, 0.15) is 17.2 Å². The number of methoxy groups -OCH3 is 1. The second-order valence-electron chi connectivity index (χ2n) is 6.58. The number of hydrogen-bond donors (Lipinski definition) is 2. The van der Waals surface area contributed by atoms with Gasteiger partial charge in [-0.05, 0) is 30.3 Å². The number of ketones is 1. The predicted molar refractivity (Wildman–Crippen MR) is 106 cm³/mol. The molecule has 1 heterocycles. The SMILES string of the molecule is COc1ccccc1C1/C(=C(\O)c2ccc(F)cc2)C(=O)C(=O)N1CCOCCO. The lowest BCUT2D eigenvalue weighted by Gasteiger charge is -2.26. The van der Waals surface area contributed by atoms with Crippen molar-refractivity contribution >= 4 is 17.4 Å². The molecule has 1 unspecified atom stereocenters. The van der Waals surface area contributed by atoms with Crippen molar-refractivity contribution in [2.24, 2.45) is 0 Å². The number of likely N-dealkylation sites (tertiary alicyclic amines) is 1. The largest absolute Gasteiger partial charge is 0.507 e. The number of carbonyl (C=O) groups excluding carboxylic acids is 2. The number of benzene rings is 2. The monoisotopic (exact) mass is 415 g/mol. The lowest BCUT2D eigenvalue weighted by molar-refractivity contribution is -0.140. The number of aliphatic hydroxyl groups is 2. The highest BCUT2D eigenvalue weighted by atomic mass is 19.1. The third kappa shape index (κ3) is 4.19. The number of para-hydroxylation sites is 1. The van der Waals surface area contributed by atoms with E-state index in [1.165, 1.54) is 24.1 Å². The Morgan fingerprint density at radius 2 is 1.80 bits per heavy atom. The highest BCUT2D eigenvalue weighted by Crippen LogP contribution is 2.42. The number of rotatable bonds is 8. The number of ether oxygens (including phenoxy) is 2. The van der Waals surface area contributed by atoms with Crippen LogP contribution in [0, 0.1) is 5.82 Å². The van der Waals surface area contributed by atoms with Crippen LogP contribution in [-0.4, -0.2) is 60.3 Å². The Morgan fingerprint density at radius 3 is 2.47 bits per heavy atom. The van der Waals surface area contributed by atoms with Crippen LogP contribution in [0.2, 0.25) is 0 Å². The van der Waals surface area contributed by atoms with E-state index in [9.17, 15) is 19.1 Å². The van der Waals surface area contributed by atoms with Gasteiger partial charge in [-0.2, -0.15) is 0 Å². The molecule has 3 rings (SSSR count). The van der Waals surface area contributed by atoms with Gasteiger partial charge in [-0.1, -0.05) is 18.2 Å². The van der Waals surface area contributed by atoms with Crippen molar-refractivity contribution in [3.63, 3.8) is 0 Å². The highest BCUT2D eigenvalue weighted by Gasteiger charge is 2.46. The molecule has 1 amide bonds. The zero-order valence-corrected chi connectivity index (χ0v) is 16.4. The fourth-order valence-corrected chi connectivity index (χ4v) is 3.42. The molecule has 7 nitrogen and oxygen atoms in total. The van der Waals surface area contributed by atoms with Gasteiger partial charge >= 0.3 is 0 Å². The van der Waals surface area contributed by atoms with E-state index in [0.29, 0.717) is 11.3 Å². The Labute approximate surface area is 173 Å². The van der Waals surface area contributed by atoms with Gasteiger partial charge in [0, 0.05) is 17.7 Å². The molecule has 0 radical (unpaired) electrons. The fraction of sp³-hybridized carbons (Fsp3) is 0.273. The summed E-state index contributed by atoms with van der Waals surface area (Å²) in [5, 5.41) is 19.7. The molecule has 1 fully saturated rings. The molecule has 2 aromatic carbocycles. The number of aliphatic hydroxyl groups excluding tert-OH is 2. The van der Waals surface area contributed by atoms with E-state index >= 15 is 0 Å². The van der Waals surface area contributed by atoms with E-state index in [0.717, 1.165) is 12.1 Å². The molecule has 1 aliphatic rings. The Bertz CT molecular complexity index is 956. The van der Waals surface area contributed by atoms with Crippen LogP contribution in [-0.2, 0) is 14.3 Å². The van der Waals surface area contributed by atoms with Crippen molar-refractivity contribution in [3.8, 4) is 5.75 Å². The molecule has 1 aliphatic heterocycles. The standard InChI is InChI=1S/C22H22FNO6/c1-29-17-5-3-2-4-16(17)19-18(20(26)14-6-8-15(23)9-7-14)21(27)22(28)24(19)10-12-30-13-11-25/h2-9,19,25-26H,10-13H2,1H3/b20-18+. The third-order valence-corrected chi connectivity index (χ3v) is 4.80. The smallest absolute Gasteiger partial charge is 0.295 e. The van der Waals surface area contributed by atoms with Crippen LogP contribution in [0.3, 0.4) is 0 Å². The topological polar surface area (TPSA) is 96.3 Å². The van der Waals surface area contributed by atoms with Gasteiger partial charge in [0.05, 0.1) is 38.5 Å². The number of amides is 1. The minimum absolute atomic E-state index is 0.0630. The van der Waals surface area contributed by atoms with Gasteiger partial charge in [-0.15, -0.1) is 0 Å². The molecule has 0 aliphatic carbocycles. The van der Waals surface area contributed by atoms with Gasteiger partial charge in [0.25, 0.3) is 11.7 Å². The van der Waals surface area contributed by atoms with Crippen molar-refractivity contribution in [1.29, 1.82) is 0 Å². The first-order valence-corrected chi connectivity index (χ1v) is 9.35. The molecular formula is C22H22FNO6. The van der Waals surface area contributed by atoms with Crippen LogP contribution in [0.5, 0.6) is 5.75 Å². The number of nitrogens with zero attached hydrogens (tertiary/aromatic N) is 1. The summed E-state index contributed by atoms with van der Waals surface area (Å²) in [4.78, 5) is 26.9. The van der Waals surface area contributed by atoms with Gasteiger partial charge in [-0.25, -0.2) is 4.39 Å². The zero-order chi connectivity index (χ0) is 21.7. The average Bonchev–Trinajstić information content (AvgIpc) is 3.01. The number of halogens is 1. The molecule has 1 saturated heterocycles. The molecule has 0 saturated carbocycles. The van der Waals surface area contributed by atoms with E-state index in [1.807, 2.05) is 0 Å². The van der Waals surface area contributed by atoms with Gasteiger partial charge < -0.3 is 24.6 Å². The van der Waals surface area contributed by atoms with Crippen LogP contribution in [0.4, 0.5) is 4.39 Å². The van der Waals surface area contributed by atoms with Crippen LogP contribution < -0.4 is 4.74 Å². The van der Waals surface area contributed by atoms with Gasteiger partial charge in [0.2, 0.25) is 0 Å². The van der Waals surface area contributed by atoms with Crippen LogP contribution >= 0.6 is 0 Å².